The molecule has 2 amide bonds. The van der Waals surface area contributed by atoms with Crippen molar-refractivity contribution in [1.29, 1.82) is 0 Å². The maximum Gasteiger partial charge on any atom is 0.410 e. The van der Waals surface area contributed by atoms with E-state index in [1.807, 2.05) is 30.3 Å². The number of benzene rings is 1. The van der Waals surface area contributed by atoms with Gasteiger partial charge in [0.05, 0.1) is 24.6 Å². The fourth-order valence-electron chi connectivity index (χ4n) is 2.82. The molecule has 1 aliphatic rings. The van der Waals surface area contributed by atoms with Crippen molar-refractivity contribution < 1.29 is 14.3 Å². The summed E-state index contributed by atoms with van der Waals surface area (Å²) >= 11 is 5.78. The highest BCUT2D eigenvalue weighted by molar-refractivity contribution is 6.29. The van der Waals surface area contributed by atoms with Crippen LogP contribution in [-0.2, 0) is 22.7 Å². The number of amides is 2. The van der Waals surface area contributed by atoms with E-state index in [-0.39, 0.29) is 24.2 Å². The fraction of sp³-hybridized carbons (Fsp3) is 0.333. The van der Waals surface area contributed by atoms with Crippen LogP contribution in [0.4, 0.5) is 4.79 Å². The van der Waals surface area contributed by atoms with Crippen molar-refractivity contribution in [3.8, 4) is 0 Å². The largest absolute Gasteiger partial charge is 0.445 e. The van der Waals surface area contributed by atoms with Crippen LogP contribution in [0, 0.1) is 0 Å². The smallest absolute Gasteiger partial charge is 0.410 e. The molecule has 0 saturated carbocycles. The van der Waals surface area contributed by atoms with E-state index in [2.05, 4.69) is 15.3 Å². The van der Waals surface area contributed by atoms with Gasteiger partial charge in [0.1, 0.15) is 17.8 Å². The summed E-state index contributed by atoms with van der Waals surface area (Å²) < 4.78 is 5.34. The van der Waals surface area contributed by atoms with Crippen molar-refractivity contribution in [2.75, 3.05) is 6.54 Å². The Morgan fingerprint density at radius 2 is 2.08 bits per heavy atom. The third-order valence-electron chi connectivity index (χ3n) is 4.09. The van der Waals surface area contributed by atoms with Gasteiger partial charge in [0, 0.05) is 6.54 Å². The molecule has 1 saturated heterocycles. The first-order valence-electron chi connectivity index (χ1n) is 8.35. The minimum atomic E-state index is -0.537. The Morgan fingerprint density at radius 3 is 2.85 bits per heavy atom. The van der Waals surface area contributed by atoms with Crippen LogP contribution < -0.4 is 5.32 Å². The van der Waals surface area contributed by atoms with Gasteiger partial charge < -0.3 is 10.1 Å². The molecular formula is C18H19ClN4O3. The summed E-state index contributed by atoms with van der Waals surface area (Å²) in [7, 11) is 0. The quantitative estimate of drug-likeness (QED) is 0.869. The molecule has 1 fully saturated rings. The molecule has 3 rings (SSSR count). The van der Waals surface area contributed by atoms with Crippen LogP contribution in [0.5, 0.6) is 0 Å². The lowest BCUT2D eigenvalue weighted by atomic mass is 10.2. The molecule has 2 aromatic rings. The van der Waals surface area contributed by atoms with E-state index in [9.17, 15) is 9.59 Å². The first-order valence-corrected chi connectivity index (χ1v) is 8.73. The van der Waals surface area contributed by atoms with E-state index in [4.69, 9.17) is 16.3 Å². The number of aromatic nitrogens is 2. The summed E-state index contributed by atoms with van der Waals surface area (Å²) in [5, 5.41) is 3.04. The number of carbonyl (C=O) groups is 2. The lowest BCUT2D eigenvalue weighted by Gasteiger charge is -2.23. The van der Waals surface area contributed by atoms with Crippen LogP contribution in [0.1, 0.15) is 24.1 Å². The molecule has 1 N–H and O–H groups in total. The van der Waals surface area contributed by atoms with Crippen LogP contribution in [0.15, 0.2) is 42.7 Å². The average molecular weight is 375 g/mol. The monoisotopic (exact) mass is 374 g/mol. The highest BCUT2D eigenvalue weighted by Crippen LogP contribution is 2.19. The molecule has 136 valence electrons. The van der Waals surface area contributed by atoms with Crippen molar-refractivity contribution in [2.24, 2.45) is 0 Å². The van der Waals surface area contributed by atoms with Crippen molar-refractivity contribution in [1.82, 2.24) is 20.2 Å². The molecule has 1 aliphatic heterocycles. The Morgan fingerprint density at radius 1 is 1.27 bits per heavy atom. The van der Waals surface area contributed by atoms with Crippen molar-refractivity contribution in [2.45, 2.75) is 32.0 Å². The standard InChI is InChI=1S/C18H19ClN4O3/c19-16-11-20-9-14(22-16)10-21-17(24)15-7-4-8-23(15)18(25)26-12-13-5-2-1-3-6-13/h1-3,5-6,9,11,15H,4,7-8,10,12H2,(H,21,24)/t15-/m0/s1. The van der Waals surface area contributed by atoms with Gasteiger partial charge in [-0.15, -0.1) is 0 Å². The summed E-state index contributed by atoms with van der Waals surface area (Å²) in [5.74, 6) is -0.235. The normalized spacial score (nSPS) is 16.3. The number of hydrogen-bond donors (Lipinski definition) is 1. The lowest BCUT2D eigenvalue weighted by molar-refractivity contribution is -0.125. The predicted octanol–water partition coefficient (Wildman–Crippen LogP) is 2.55. The number of nitrogens with zero attached hydrogens (tertiary/aromatic N) is 3. The second kappa shape index (κ2) is 8.62. The van der Waals surface area contributed by atoms with E-state index < -0.39 is 12.1 Å². The molecular weight excluding hydrogens is 356 g/mol. The molecule has 26 heavy (non-hydrogen) atoms. The van der Waals surface area contributed by atoms with E-state index in [1.54, 1.807) is 0 Å². The van der Waals surface area contributed by atoms with Gasteiger partial charge in [0.25, 0.3) is 0 Å². The zero-order chi connectivity index (χ0) is 18.4. The van der Waals surface area contributed by atoms with Crippen LogP contribution in [0.2, 0.25) is 5.15 Å². The topological polar surface area (TPSA) is 84.4 Å². The van der Waals surface area contributed by atoms with E-state index in [0.29, 0.717) is 18.7 Å². The Kier molecular flexibility index (Phi) is 6.01. The van der Waals surface area contributed by atoms with Crippen molar-refractivity contribution in [3.63, 3.8) is 0 Å². The summed E-state index contributed by atoms with van der Waals surface area (Å²) in [4.78, 5) is 34.3. The van der Waals surface area contributed by atoms with Gasteiger partial charge in [-0.25, -0.2) is 9.78 Å². The first kappa shape index (κ1) is 18.1. The number of halogens is 1. The third kappa shape index (κ3) is 4.70. The molecule has 1 atom stereocenters. The molecule has 7 nitrogen and oxygen atoms in total. The van der Waals surface area contributed by atoms with Gasteiger partial charge in [0.15, 0.2) is 0 Å². The molecule has 0 spiro atoms. The second-order valence-electron chi connectivity index (χ2n) is 5.94. The Hall–Kier alpha value is -2.67. The summed E-state index contributed by atoms with van der Waals surface area (Å²) in [6.45, 7) is 0.890. The minimum absolute atomic E-state index is 0.183. The highest BCUT2D eigenvalue weighted by Gasteiger charge is 2.35. The van der Waals surface area contributed by atoms with Crippen molar-refractivity contribution >= 4 is 23.6 Å². The minimum Gasteiger partial charge on any atom is -0.445 e. The number of hydrogen-bond acceptors (Lipinski definition) is 5. The lowest BCUT2D eigenvalue weighted by Crippen LogP contribution is -2.46. The number of nitrogens with one attached hydrogen (secondary N) is 1. The highest BCUT2D eigenvalue weighted by atomic mass is 35.5. The SMILES string of the molecule is O=C(NCc1cncc(Cl)n1)[C@@H]1CCCN1C(=O)OCc1ccccc1. The van der Waals surface area contributed by atoms with Gasteiger partial charge in [0.2, 0.25) is 5.91 Å². The first-order chi connectivity index (χ1) is 12.6. The number of carbonyl (C=O) groups excluding carboxylic acids is 2. The summed E-state index contributed by atoms with van der Waals surface area (Å²) in [6.07, 6.45) is 3.85. The summed E-state index contributed by atoms with van der Waals surface area (Å²) in [6, 6.07) is 8.89. The number of likely N-dealkylation sites (tertiary alicyclic amines) is 1. The summed E-state index contributed by atoms with van der Waals surface area (Å²) in [5.41, 5.74) is 1.46. The zero-order valence-electron chi connectivity index (χ0n) is 14.1. The Labute approximate surface area is 156 Å². The van der Waals surface area contributed by atoms with Crippen LogP contribution in [0.25, 0.3) is 0 Å². The molecule has 0 aliphatic carbocycles. The maximum absolute atomic E-state index is 12.5. The molecule has 8 heteroatoms. The maximum atomic E-state index is 12.5. The molecule has 2 heterocycles. The molecule has 0 radical (unpaired) electrons. The van der Waals surface area contributed by atoms with Gasteiger partial charge in [-0.3, -0.25) is 14.7 Å². The fourth-order valence-corrected chi connectivity index (χ4v) is 2.99. The molecule has 1 aromatic heterocycles. The van der Waals surface area contributed by atoms with Crippen LogP contribution in [-0.4, -0.2) is 39.5 Å². The number of rotatable bonds is 5. The average Bonchev–Trinajstić information content (AvgIpc) is 3.15. The second-order valence-corrected chi connectivity index (χ2v) is 6.33. The molecule has 0 unspecified atom stereocenters. The number of ether oxygens (including phenoxy) is 1. The van der Waals surface area contributed by atoms with Gasteiger partial charge in [-0.2, -0.15) is 0 Å². The van der Waals surface area contributed by atoms with E-state index >= 15 is 0 Å². The van der Waals surface area contributed by atoms with Gasteiger partial charge in [-0.05, 0) is 18.4 Å². The zero-order valence-corrected chi connectivity index (χ0v) is 14.9. The molecule has 0 bridgehead atoms. The van der Waals surface area contributed by atoms with E-state index in [1.165, 1.54) is 17.3 Å². The van der Waals surface area contributed by atoms with E-state index in [0.717, 1.165) is 12.0 Å². The van der Waals surface area contributed by atoms with Gasteiger partial charge >= 0.3 is 6.09 Å². The van der Waals surface area contributed by atoms with Gasteiger partial charge in [-0.1, -0.05) is 41.9 Å². The molecule has 1 aromatic carbocycles. The Balaban J connectivity index is 1.53. The predicted molar refractivity (Wildman–Crippen MR) is 95.2 cm³/mol. The van der Waals surface area contributed by atoms with Crippen LogP contribution >= 0.6 is 11.6 Å². The van der Waals surface area contributed by atoms with Crippen LogP contribution in [0.3, 0.4) is 0 Å². The Bertz CT molecular complexity index is 772. The van der Waals surface area contributed by atoms with Crippen molar-refractivity contribution in [3.05, 3.63) is 59.1 Å². The third-order valence-corrected chi connectivity index (χ3v) is 4.28.